The zero-order valence-electron chi connectivity index (χ0n) is 30.2. The average molecular weight is 696 g/mol. The van der Waals surface area contributed by atoms with E-state index in [4.69, 9.17) is 4.74 Å². The highest BCUT2D eigenvalue weighted by molar-refractivity contribution is 5.76. The van der Waals surface area contributed by atoms with Crippen LogP contribution in [0.1, 0.15) is 90.2 Å². The molecule has 3 fully saturated rings. The van der Waals surface area contributed by atoms with Gasteiger partial charge in [0, 0.05) is 51.2 Å². The highest BCUT2D eigenvalue weighted by Crippen LogP contribution is 2.34. The van der Waals surface area contributed by atoms with Gasteiger partial charge in [0.25, 0.3) is 5.56 Å². The van der Waals surface area contributed by atoms with E-state index in [1.165, 1.54) is 46.4 Å². The number of aromatic nitrogens is 3. The van der Waals surface area contributed by atoms with Crippen LogP contribution in [-0.4, -0.2) is 67.7 Å². The lowest BCUT2D eigenvalue weighted by atomic mass is 9.84. The number of pyridine rings is 1. The smallest absolute Gasteiger partial charge is 0.337 e. The number of benzene rings is 2. The van der Waals surface area contributed by atoms with E-state index in [2.05, 4.69) is 39.0 Å². The quantitative estimate of drug-likeness (QED) is 0.186. The number of esters is 1. The minimum atomic E-state index is -0.637. The fourth-order valence-electron chi connectivity index (χ4n) is 8.40. The van der Waals surface area contributed by atoms with E-state index >= 15 is 0 Å². The first-order valence-electron chi connectivity index (χ1n) is 18.7. The maximum Gasteiger partial charge on any atom is 0.337 e. The highest BCUT2D eigenvalue weighted by atomic mass is 19.1. The van der Waals surface area contributed by atoms with Gasteiger partial charge in [-0.2, -0.15) is 0 Å². The monoisotopic (exact) mass is 695 g/mol. The number of nitrogens with zero attached hydrogens (tertiary/aromatic N) is 5. The Kier molecular flexibility index (Phi) is 10.3. The minimum Gasteiger partial charge on any atom is -0.460 e. The molecule has 51 heavy (non-hydrogen) atoms. The van der Waals surface area contributed by atoms with E-state index in [-0.39, 0.29) is 29.0 Å². The SMILES string of the molecule is CC(C)(C)OC(=O)CC1CCC(n2c(=O)c3cc(F)cnc3n(-c3cccc(-c4ccc(CN5CCN(C6CCCC6)CC5)cc4)c3)c2=O)CC1. The van der Waals surface area contributed by atoms with Crippen LogP contribution in [0.25, 0.3) is 27.8 Å². The minimum absolute atomic E-state index is 0.0595. The van der Waals surface area contributed by atoms with Crippen molar-refractivity contribution < 1.29 is 13.9 Å². The van der Waals surface area contributed by atoms with Crippen molar-refractivity contribution >= 4 is 17.0 Å². The number of ether oxygens (including phenoxy) is 1. The molecule has 2 aliphatic carbocycles. The molecule has 1 aliphatic heterocycles. The van der Waals surface area contributed by atoms with Gasteiger partial charge in [-0.25, -0.2) is 18.7 Å². The van der Waals surface area contributed by atoms with Crippen LogP contribution in [0.3, 0.4) is 0 Å². The van der Waals surface area contributed by atoms with Crippen LogP contribution >= 0.6 is 0 Å². The lowest BCUT2D eigenvalue weighted by Crippen LogP contribution is -2.49. The number of rotatable bonds is 8. The molecular weight excluding hydrogens is 645 g/mol. The van der Waals surface area contributed by atoms with E-state index < -0.39 is 22.7 Å². The summed E-state index contributed by atoms with van der Waals surface area (Å²) in [6, 6.07) is 17.8. The molecule has 0 atom stereocenters. The predicted octanol–water partition coefficient (Wildman–Crippen LogP) is 6.88. The highest BCUT2D eigenvalue weighted by Gasteiger charge is 2.30. The maximum atomic E-state index is 14.5. The summed E-state index contributed by atoms with van der Waals surface area (Å²) in [5.41, 5.74) is 2.30. The molecule has 0 radical (unpaired) electrons. The first kappa shape index (κ1) is 35.3. The van der Waals surface area contributed by atoms with Gasteiger partial charge in [-0.15, -0.1) is 0 Å². The van der Waals surface area contributed by atoms with Gasteiger partial charge in [0.15, 0.2) is 5.65 Å². The first-order valence-corrected chi connectivity index (χ1v) is 18.7. The van der Waals surface area contributed by atoms with E-state index in [1.807, 2.05) is 45.0 Å². The van der Waals surface area contributed by atoms with E-state index in [9.17, 15) is 18.8 Å². The normalized spacial score (nSPS) is 20.9. The number of piperazine rings is 1. The molecule has 0 unspecified atom stereocenters. The molecule has 2 aromatic heterocycles. The standard InChI is InChI=1S/C41H50FN5O4/c1-41(2,3)51-37(48)23-28-13-17-34(18-14-28)47-39(49)36-25-32(42)26-43-38(36)46(40(47)50)35-10-6-7-31(24-35)30-15-11-29(12-16-30)27-44-19-21-45(22-20-44)33-8-4-5-9-33/h6-7,10-12,15-16,24-26,28,33-34H,4-5,8-9,13-14,17-23,27H2,1-3H3. The second-order valence-corrected chi connectivity index (χ2v) is 15.8. The Morgan fingerprint density at radius 1 is 0.863 bits per heavy atom. The molecule has 0 spiro atoms. The molecular formula is C41H50FN5O4. The molecule has 3 aliphatic rings. The second kappa shape index (κ2) is 14.8. The summed E-state index contributed by atoms with van der Waals surface area (Å²) in [7, 11) is 0. The molecule has 4 aromatic rings. The van der Waals surface area contributed by atoms with E-state index in [1.54, 1.807) is 0 Å². The fourth-order valence-corrected chi connectivity index (χ4v) is 8.40. The number of hydrogen-bond donors (Lipinski definition) is 0. The maximum absolute atomic E-state index is 14.5. The molecule has 0 amide bonds. The van der Waals surface area contributed by atoms with Gasteiger partial charge in [0.1, 0.15) is 11.4 Å². The van der Waals surface area contributed by atoms with Crippen LogP contribution in [0, 0.1) is 11.7 Å². The third-order valence-corrected chi connectivity index (χ3v) is 11.0. The van der Waals surface area contributed by atoms with Crippen molar-refractivity contribution in [2.45, 2.75) is 103 Å². The number of fused-ring (bicyclic) bond motifs is 1. The summed E-state index contributed by atoms with van der Waals surface area (Å²) < 4.78 is 22.7. The molecule has 3 heterocycles. The van der Waals surface area contributed by atoms with Crippen molar-refractivity contribution in [3.05, 3.63) is 93.0 Å². The van der Waals surface area contributed by atoms with Gasteiger partial charge in [-0.05, 0) is 100 Å². The van der Waals surface area contributed by atoms with Crippen LogP contribution < -0.4 is 11.2 Å². The Balaban J connectivity index is 1.11. The molecule has 9 nitrogen and oxygen atoms in total. The molecule has 7 rings (SSSR count). The fraction of sp³-hybridized carbons (Fsp3) is 0.512. The molecule has 2 aromatic carbocycles. The Morgan fingerprint density at radius 2 is 1.57 bits per heavy atom. The summed E-state index contributed by atoms with van der Waals surface area (Å²) >= 11 is 0. The summed E-state index contributed by atoms with van der Waals surface area (Å²) in [5, 5.41) is 0.0595. The average Bonchev–Trinajstić information content (AvgIpc) is 3.65. The number of halogens is 1. The van der Waals surface area contributed by atoms with Gasteiger partial charge in [-0.1, -0.05) is 49.2 Å². The molecule has 10 heteroatoms. The summed E-state index contributed by atoms with van der Waals surface area (Å²) in [4.78, 5) is 50.0. The second-order valence-electron chi connectivity index (χ2n) is 15.8. The van der Waals surface area contributed by atoms with Crippen molar-refractivity contribution in [1.29, 1.82) is 0 Å². The van der Waals surface area contributed by atoms with E-state index in [0.717, 1.165) is 56.1 Å². The Labute approximate surface area is 299 Å². The van der Waals surface area contributed by atoms with Crippen molar-refractivity contribution in [3.63, 3.8) is 0 Å². The van der Waals surface area contributed by atoms with Gasteiger partial charge in [-0.3, -0.25) is 24.0 Å². The van der Waals surface area contributed by atoms with Crippen molar-refractivity contribution in [2.24, 2.45) is 5.92 Å². The molecule has 1 saturated heterocycles. The predicted molar refractivity (Wildman–Crippen MR) is 198 cm³/mol. The van der Waals surface area contributed by atoms with Gasteiger partial charge < -0.3 is 4.74 Å². The molecule has 2 saturated carbocycles. The van der Waals surface area contributed by atoms with Gasteiger partial charge in [0.2, 0.25) is 0 Å². The summed E-state index contributed by atoms with van der Waals surface area (Å²) in [6.07, 6.45) is 9.27. The number of hydrogen-bond acceptors (Lipinski definition) is 7. The van der Waals surface area contributed by atoms with Crippen molar-refractivity contribution in [3.8, 4) is 16.8 Å². The van der Waals surface area contributed by atoms with Crippen LogP contribution in [0.15, 0.2) is 70.4 Å². The summed E-state index contributed by atoms with van der Waals surface area (Å²) in [6.45, 7) is 11.0. The van der Waals surface area contributed by atoms with Crippen LogP contribution in [0.5, 0.6) is 0 Å². The van der Waals surface area contributed by atoms with Crippen LogP contribution in [-0.2, 0) is 16.1 Å². The summed E-state index contributed by atoms with van der Waals surface area (Å²) in [5.74, 6) is -0.759. The third-order valence-electron chi connectivity index (χ3n) is 11.0. The number of carbonyl (C=O) groups is 1. The topological polar surface area (TPSA) is 89.7 Å². The van der Waals surface area contributed by atoms with Crippen LogP contribution in [0.2, 0.25) is 0 Å². The lowest BCUT2D eigenvalue weighted by molar-refractivity contribution is -0.156. The molecule has 270 valence electrons. The number of carbonyl (C=O) groups excluding carboxylic acids is 1. The molecule has 0 N–H and O–H groups in total. The van der Waals surface area contributed by atoms with Gasteiger partial charge in [0.05, 0.1) is 17.3 Å². The largest absolute Gasteiger partial charge is 0.460 e. The lowest BCUT2D eigenvalue weighted by Gasteiger charge is -2.38. The van der Waals surface area contributed by atoms with Crippen molar-refractivity contribution in [1.82, 2.24) is 23.9 Å². The Hall–Kier alpha value is -4.15. The zero-order chi connectivity index (χ0) is 35.7. The molecule has 0 bridgehead atoms. The Morgan fingerprint density at radius 3 is 2.25 bits per heavy atom. The Bertz CT molecular complexity index is 1980. The zero-order valence-corrected chi connectivity index (χ0v) is 30.2. The van der Waals surface area contributed by atoms with E-state index in [0.29, 0.717) is 37.8 Å². The van der Waals surface area contributed by atoms with Crippen molar-refractivity contribution in [2.75, 3.05) is 26.2 Å². The van der Waals surface area contributed by atoms with Gasteiger partial charge >= 0.3 is 11.7 Å². The third kappa shape index (κ3) is 8.02. The van der Waals surface area contributed by atoms with Crippen LogP contribution in [0.4, 0.5) is 4.39 Å². The first-order chi connectivity index (χ1) is 24.5.